The quantitative estimate of drug-likeness (QED) is 0.676. The predicted molar refractivity (Wildman–Crippen MR) is 84.7 cm³/mol. The van der Waals surface area contributed by atoms with Crippen molar-refractivity contribution in [3.8, 4) is 5.75 Å². The van der Waals surface area contributed by atoms with Crippen LogP contribution in [0.2, 0.25) is 5.02 Å². The molecule has 0 saturated heterocycles. The highest BCUT2D eigenvalue weighted by molar-refractivity contribution is 9.09. The topological polar surface area (TPSA) is 9.23 Å². The SMILES string of the molecule is COc1ccc(C(Br)c2cccc(C)c2Cl)c(C)c1. The monoisotopic (exact) mass is 338 g/mol. The highest BCUT2D eigenvalue weighted by Gasteiger charge is 2.16. The van der Waals surface area contributed by atoms with E-state index < -0.39 is 0 Å². The molecule has 1 unspecified atom stereocenters. The minimum Gasteiger partial charge on any atom is -0.497 e. The van der Waals surface area contributed by atoms with Crippen molar-refractivity contribution in [3.63, 3.8) is 0 Å². The summed E-state index contributed by atoms with van der Waals surface area (Å²) in [6.45, 7) is 4.10. The van der Waals surface area contributed by atoms with Gasteiger partial charge < -0.3 is 4.74 Å². The van der Waals surface area contributed by atoms with Crippen LogP contribution >= 0.6 is 27.5 Å². The summed E-state index contributed by atoms with van der Waals surface area (Å²) in [6, 6.07) is 12.2. The summed E-state index contributed by atoms with van der Waals surface area (Å²) in [7, 11) is 1.68. The zero-order valence-corrected chi connectivity index (χ0v) is 13.5. The lowest BCUT2D eigenvalue weighted by Crippen LogP contribution is -1.98. The molecule has 0 radical (unpaired) electrons. The minimum atomic E-state index is 0.0887. The lowest BCUT2D eigenvalue weighted by atomic mass is 9.99. The first-order valence-electron chi connectivity index (χ1n) is 6.08. The third kappa shape index (κ3) is 2.96. The first kappa shape index (κ1) is 14.4. The van der Waals surface area contributed by atoms with E-state index in [4.69, 9.17) is 16.3 Å². The number of rotatable bonds is 3. The number of methoxy groups -OCH3 is 1. The minimum absolute atomic E-state index is 0.0887. The van der Waals surface area contributed by atoms with Crippen LogP contribution in [0, 0.1) is 13.8 Å². The van der Waals surface area contributed by atoms with Crippen LogP contribution in [0.3, 0.4) is 0 Å². The molecule has 0 aliphatic carbocycles. The zero-order chi connectivity index (χ0) is 14.0. The molecule has 1 atom stereocenters. The number of hydrogen-bond donors (Lipinski definition) is 0. The number of hydrogen-bond acceptors (Lipinski definition) is 1. The summed E-state index contributed by atoms with van der Waals surface area (Å²) < 4.78 is 5.24. The van der Waals surface area contributed by atoms with Crippen LogP contribution in [0.25, 0.3) is 0 Å². The molecule has 0 aliphatic rings. The van der Waals surface area contributed by atoms with Gasteiger partial charge in [-0.05, 0) is 48.2 Å². The van der Waals surface area contributed by atoms with E-state index >= 15 is 0 Å². The second kappa shape index (κ2) is 5.98. The largest absolute Gasteiger partial charge is 0.497 e. The first-order valence-corrected chi connectivity index (χ1v) is 7.37. The summed E-state index contributed by atoms with van der Waals surface area (Å²) in [5.41, 5.74) is 4.57. The molecule has 0 aromatic heterocycles. The molecule has 0 spiro atoms. The molecule has 0 fully saturated rings. The van der Waals surface area contributed by atoms with E-state index in [-0.39, 0.29) is 4.83 Å². The molecule has 2 aromatic carbocycles. The maximum atomic E-state index is 6.39. The number of ether oxygens (including phenoxy) is 1. The molecule has 2 aromatic rings. The van der Waals surface area contributed by atoms with Crippen molar-refractivity contribution in [2.45, 2.75) is 18.7 Å². The molecule has 0 N–H and O–H groups in total. The van der Waals surface area contributed by atoms with E-state index in [1.54, 1.807) is 7.11 Å². The van der Waals surface area contributed by atoms with Gasteiger partial charge in [-0.2, -0.15) is 0 Å². The van der Waals surface area contributed by atoms with Gasteiger partial charge in [-0.1, -0.05) is 51.8 Å². The Kier molecular flexibility index (Phi) is 4.54. The second-order valence-corrected chi connectivity index (χ2v) is 5.86. The molecule has 0 amide bonds. The van der Waals surface area contributed by atoms with Crippen molar-refractivity contribution >= 4 is 27.5 Å². The number of halogens is 2. The van der Waals surface area contributed by atoms with Gasteiger partial charge in [0.1, 0.15) is 5.75 Å². The summed E-state index contributed by atoms with van der Waals surface area (Å²) >= 11 is 10.1. The standard InChI is InChI=1S/C16H16BrClO/c1-10-5-4-6-14(16(10)18)15(17)13-8-7-12(19-3)9-11(13)2/h4-9,15H,1-3H3. The molecule has 100 valence electrons. The van der Waals surface area contributed by atoms with Crippen LogP contribution in [0.4, 0.5) is 0 Å². The van der Waals surface area contributed by atoms with Crippen LogP contribution in [-0.2, 0) is 0 Å². The van der Waals surface area contributed by atoms with E-state index in [0.29, 0.717) is 0 Å². The lowest BCUT2D eigenvalue weighted by molar-refractivity contribution is 0.414. The summed E-state index contributed by atoms with van der Waals surface area (Å²) in [5, 5.41) is 0.819. The van der Waals surface area contributed by atoms with Gasteiger partial charge >= 0.3 is 0 Å². The van der Waals surface area contributed by atoms with Gasteiger partial charge in [0, 0.05) is 5.02 Å². The van der Waals surface area contributed by atoms with Crippen molar-refractivity contribution in [2.24, 2.45) is 0 Å². The van der Waals surface area contributed by atoms with E-state index in [0.717, 1.165) is 21.9 Å². The Morgan fingerprint density at radius 3 is 2.42 bits per heavy atom. The van der Waals surface area contributed by atoms with Crippen LogP contribution in [0.15, 0.2) is 36.4 Å². The van der Waals surface area contributed by atoms with E-state index in [2.05, 4.69) is 35.0 Å². The van der Waals surface area contributed by atoms with Gasteiger partial charge in [0.25, 0.3) is 0 Å². The van der Waals surface area contributed by atoms with Crippen LogP contribution in [0.5, 0.6) is 5.75 Å². The lowest BCUT2D eigenvalue weighted by Gasteiger charge is -2.16. The fourth-order valence-electron chi connectivity index (χ4n) is 2.09. The van der Waals surface area contributed by atoms with Gasteiger partial charge in [-0.25, -0.2) is 0 Å². The fraction of sp³-hybridized carbons (Fsp3) is 0.250. The van der Waals surface area contributed by atoms with E-state index in [1.165, 1.54) is 11.1 Å². The first-order chi connectivity index (χ1) is 9.04. The highest BCUT2D eigenvalue weighted by atomic mass is 79.9. The van der Waals surface area contributed by atoms with Gasteiger partial charge in [0.15, 0.2) is 0 Å². The Balaban J connectivity index is 2.44. The molecular formula is C16H16BrClO. The summed E-state index contributed by atoms with van der Waals surface area (Å²) in [6.07, 6.45) is 0. The summed E-state index contributed by atoms with van der Waals surface area (Å²) in [5.74, 6) is 0.872. The Labute approximate surface area is 127 Å². The van der Waals surface area contributed by atoms with Gasteiger partial charge in [-0.15, -0.1) is 0 Å². The molecule has 0 saturated carbocycles. The fourth-order valence-corrected chi connectivity index (χ4v) is 3.36. The van der Waals surface area contributed by atoms with Gasteiger partial charge in [0.2, 0.25) is 0 Å². The Morgan fingerprint density at radius 2 is 1.79 bits per heavy atom. The van der Waals surface area contributed by atoms with Crippen molar-refractivity contribution in [1.82, 2.24) is 0 Å². The normalized spacial score (nSPS) is 12.3. The van der Waals surface area contributed by atoms with E-state index in [9.17, 15) is 0 Å². The second-order valence-electron chi connectivity index (χ2n) is 4.56. The van der Waals surface area contributed by atoms with Crippen LogP contribution < -0.4 is 4.74 Å². The molecule has 19 heavy (non-hydrogen) atoms. The Hall–Kier alpha value is -0.990. The van der Waals surface area contributed by atoms with Crippen molar-refractivity contribution in [2.75, 3.05) is 7.11 Å². The molecule has 3 heteroatoms. The van der Waals surface area contributed by atoms with Crippen LogP contribution in [0.1, 0.15) is 27.1 Å². The average Bonchev–Trinajstić information content (AvgIpc) is 2.41. The maximum Gasteiger partial charge on any atom is 0.119 e. The van der Waals surface area contributed by atoms with Crippen molar-refractivity contribution < 1.29 is 4.74 Å². The smallest absolute Gasteiger partial charge is 0.119 e. The average molecular weight is 340 g/mol. The zero-order valence-electron chi connectivity index (χ0n) is 11.2. The van der Waals surface area contributed by atoms with Crippen molar-refractivity contribution in [3.05, 3.63) is 63.7 Å². The molecule has 2 rings (SSSR count). The summed E-state index contributed by atoms with van der Waals surface area (Å²) in [4.78, 5) is 0.0887. The predicted octanol–water partition coefficient (Wildman–Crippen LogP) is 5.45. The van der Waals surface area contributed by atoms with Crippen LogP contribution in [-0.4, -0.2) is 7.11 Å². The van der Waals surface area contributed by atoms with E-state index in [1.807, 2.05) is 31.2 Å². The highest BCUT2D eigenvalue weighted by Crippen LogP contribution is 2.38. The Bertz CT molecular complexity index is 595. The molecular weight excluding hydrogens is 324 g/mol. The number of benzene rings is 2. The third-order valence-electron chi connectivity index (χ3n) is 3.24. The van der Waals surface area contributed by atoms with Crippen molar-refractivity contribution in [1.29, 1.82) is 0 Å². The molecule has 1 nitrogen and oxygen atoms in total. The molecule has 0 heterocycles. The van der Waals surface area contributed by atoms with Gasteiger partial charge in [0.05, 0.1) is 11.9 Å². The maximum absolute atomic E-state index is 6.39. The van der Waals surface area contributed by atoms with Gasteiger partial charge in [-0.3, -0.25) is 0 Å². The Morgan fingerprint density at radius 1 is 1.05 bits per heavy atom. The number of aryl methyl sites for hydroxylation is 2. The molecule has 0 aliphatic heterocycles. The third-order valence-corrected chi connectivity index (χ3v) is 4.75. The molecule has 0 bridgehead atoms. The number of alkyl halides is 1.